The van der Waals surface area contributed by atoms with E-state index in [1.165, 1.54) is 11.7 Å². The Labute approximate surface area is 90.7 Å². The van der Waals surface area contributed by atoms with Crippen LogP contribution in [0.3, 0.4) is 0 Å². The van der Waals surface area contributed by atoms with Gasteiger partial charge in [-0.15, -0.1) is 6.58 Å². The maximum atomic E-state index is 6.04. The highest BCUT2D eigenvalue weighted by Crippen LogP contribution is 2.29. The van der Waals surface area contributed by atoms with Gasteiger partial charge in [0, 0.05) is 6.54 Å². The third kappa shape index (κ3) is 1.58. The van der Waals surface area contributed by atoms with Crippen LogP contribution in [0.5, 0.6) is 0 Å². The molecule has 5 heteroatoms. The minimum absolute atomic E-state index is 0.659. The Bertz CT molecular complexity index is 466. The first-order valence-electron chi connectivity index (χ1n) is 4.08. The van der Waals surface area contributed by atoms with E-state index in [9.17, 15) is 0 Å². The number of anilines is 1. The highest BCUT2D eigenvalue weighted by atomic mass is 35.5. The van der Waals surface area contributed by atoms with Gasteiger partial charge >= 0.3 is 0 Å². The van der Waals surface area contributed by atoms with E-state index >= 15 is 0 Å². The van der Waals surface area contributed by atoms with Crippen molar-refractivity contribution in [1.82, 2.24) is 8.75 Å². The van der Waals surface area contributed by atoms with Gasteiger partial charge in [-0.25, -0.2) is 0 Å². The van der Waals surface area contributed by atoms with Gasteiger partial charge < -0.3 is 5.32 Å². The molecule has 0 radical (unpaired) electrons. The number of fused-ring (bicyclic) bond motifs is 1. The van der Waals surface area contributed by atoms with Gasteiger partial charge in [0.1, 0.15) is 11.0 Å². The average molecular weight is 226 g/mol. The topological polar surface area (TPSA) is 37.8 Å². The highest BCUT2D eigenvalue weighted by Gasteiger charge is 2.08. The molecule has 0 amide bonds. The van der Waals surface area contributed by atoms with E-state index in [4.69, 9.17) is 11.6 Å². The van der Waals surface area contributed by atoms with Crippen LogP contribution in [0.2, 0.25) is 5.02 Å². The van der Waals surface area contributed by atoms with Gasteiger partial charge in [0.15, 0.2) is 0 Å². The molecule has 1 heterocycles. The minimum Gasteiger partial charge on any atom is -0.379 e. The van der Waals surface area contributed by atoms with Crippen molar-refractivity contribution in [3.05, 3.63) is 29.8 Å². The molecule has 1 aromatic heterocycles. The lowest BCUT2D eigenvalue weighted by molar-refractivity contribution is 1.35. The fourth-order valence-corrected chi connectivity index (χ4v) is 1.93. The second kappa shape index (κ2) is 3.94. The molecule has 3 nitrogen and oxygen atoms in total. The van der Waals surface area contributed by atoms with E-state index < -0.39 is 0 Å². The number of aromatic nitrogens is 2. The molecule has 0 saturated carbocycles. The zero-order valence-electron chi connectivity index (χ0n) is 7.33. The minimum atomic E-state index is 0.659. The Morgan fingerprint density at radius 2 is 2.36 bits per heavy atom. The first-order chi connectivity index (χ1) is 6.83. The number of halogens is 1. The predicted octanol–water partition coefficient (Wildman–Crippen LogP) is 2.94. The first kappa shape index (κ1) is 9.43. The van der Waals surface area contributed by atoms with Crippen molar-refractivity contribution >= 4 is 40.0 Å². The van der Waals surface area contributed by atoms with Crippen molar-refractivity contribution in [3.8, 4) is 0 Å². The Balaban J connectivity index is 2.52. The number of rotatable bonds is 3. The third-order valence-electron chi connectivity index (χ3n) is 1.80. The molecule has 0 bridgehead atoms. The number of hydrogen-bond donors (Lipinski definition) is 1. The smallest absolute Gasteiger partial charge is 0.129 e. The van der Waals surface area contributed by atoms with Crippen LogP contribution >= 0.6 is 23.3 Å². The maximum absolute atomic E-state index is 6.04. The molecule has 0 aliphatic rings. The average Bonchev–Trinajstić information content (AvgIpc) is 2.64. The normalized spacial score (nSPS) is 10.4. The molecule has 72 valence electrons. The lowest BCUT2D eigenvalue weighted by atomic mass is 10.2. The Hall–Kier alpha value is -1.13. The SMILES string of the molecule is C=CCNc1c(Cl)ccc2nsnc12. The van der Waals surface area contributed by atoms with Gasteiger partial charge in [0.05, 0.1) is 22.4 Å². The van der Waals surface area contributed by atoms with Gasteiger partial charge in [-0.1, -0.05) is 17.7 Å². The monoisotopic (exact) mass is 225 g/mol. The van der Waals surface area contributed by atoms with Gasteiger partial charge in [-0.2, -0.15) is 8.75 Å². The van der Waals surface area contributed by atoms with Crippen LogP contribution in [0.4, 0.5) is 5.69 Å². The molecular weight excluding hydrogens is 218 g/mol. The molecule has 0 aliphatic heterocycles. The van der Waals surface area contributed by atoms with Crippen LogP contribution in [-0.2, 0) is 0 Å². The van der Waals surface area contributed by atoms with Gasteiger partial charge in [-0.05, 0) is 12.1 Å². The van der Waals surface area contributed by atoms with E-state index in [-0.39, 0.29) is 0 Å². The van der Waals surface area contributed by atoms with Crippen molar-refractivity contribution in [1.29, 1.82) is 0 Å². The van der Waals surface area contributed by atoms with Crippen molar-refractivity contribution in [2.75, 3.05) is 11.9 Å². The fraction of sp³-hybridized carbons (Fsp3) is 0.111. The van der Waals surface area contributed by atoms with E-state index in [0.717, 1.165) is 16.7 Å². The molecule has 2 rings (SSSR count). The molecule has 2 aromatic rings. The van der Waals surface area contributed by atoms with Crippen molar-refractivity contribution < 1.29 is 0 Å². The van der Waals surface area contributed by atoms with Crippen LogP contribution in [0.25, 0.3) is 11.0 Å². The maximum Gasteiger partial charge on any atom is 0.129 e. The molecule has 0 aliphatic carbocycles. The number of nitrogens with zero attached hydrogens (tertiary/aromatic N) is 2. The summed E-state index contributed by atoms with van der Waals surface area (Å²) in [6.45, 7) is 4.30. The quantitative estimate of drug-likeness (QED) is 0.817. The van der Waals surface area contributed by atoms with Crippen LogP contribution < -0.4 is 5.32 Å². The van der Waals surface area contributed by atoms with Crippen LogP contribution in [-0.4, -0.2) is 15.3 Å². The molecule has 0 unspecified atom stereocenters. The van der Waals surface area contributed by atoms with E-state index in [1.807, 2.05) is 12.1 Å². The van der Waals surface area contributed by atoms with Crippen LogP contribution in [0, 0.1) is 0 Å². The molecule has 1 aromatic carbocycles. The summed E-state index contributed by atoms with van der Waals surface area (Å²) in [5.74, 6) is 0. The van der Waals surface area contributed by atoms with Crippen molar-refractivity contribution in [2.45, 2.75) is 0 Å². The molecule has 0 fully saturated rings. The lowest BCUT2D eigenvalue weighted by Crippen LogP contribution is -1.99. The molecular formula is C9H8ClN3S. The Morgan fingerprint density at radius 3 is 3.14 bits per heavy atom. The molecule has 0 spiro atoms. The Kier molecular flexibility index (Phi) is 2.65. The lowest BCUT2D eigenvalue weighted by Gasteiger charge is -2.05. The molecule has 14 heavy (non-hydrogen) atoms. The molecule has 0 saturated heterocycles. The van der Waals surface area contributed by atoms with Crippen LogP contribution in [0.15, 0.2) is 24.8 Å². The first-order valence-corrected chi connectivity index (χ1v) is 5.19. The summed E-state index contributed by atoms with van der Waals surface area (Å²) in [6, 6.07) is 3.68. The van der Waals surface area contributed by atoms with Crippen LogP contribution in [0.1, 0.15) is 0 Å². The summed E-state index contributed by atoms with van der Waals surface area (Å²) in [6.07, 6.45) is 1.77. The fourth-order valence-electron chi connectivity index (χ4n) is 1.17. The summed E-state index contributed by atoms with van der Waals surface area (Å²) in [5.41, 5.74) is 2.52. The number of benzene rings is 1. The second-order valence-corrected chi connectivity index (χ2v) is 3.66. The third-order valence-corrected chi connectivity index (χ3v) is 2.66. The summed E-state index contributed by atoms with van der Waals surface area (Å²) in [7, 11) is 0. The summed E-state index contributed by atoms with van der Waals surface area (Å²) in [5, 5.41) is 3.81. The zero-order chi connectivity index (χ0) is 9.97. The van der Waals surface area contributed by atoms with Crippen molar-refractivity contribution in [3.63, 3.8) is 0 Å². The van der Waals surface area contributed by atoms with E-state index in [0.29, 0.717) is 11.6 Å². The molecule has 0 atom stereocenters. The van der Waals surface area contributed by atoms with Gasteiger partial charge in [0.2, 0.25) is 0 Å². The zero-order valence-corrected chi connectivity index (χ0v) is 8.90. The van der Waals surface area contributed by atoms with Gasteiger partial charge in [-0.3, -0.25) is 0 Å². The molecule has 1 N–H and O–H groups in total. The summed E-state index contributed by atoms with van der Waals surface area (Å²) >= 11 is 7.22. The largest absolute Gasteiger partial charge is 0.379 e. The van der Waals surface area contributed by atoms with E-state index in [1.54, 1.807) is 6.08 Å². The second-order valence-electron chi connectivity index (χ2n) is 2.72. The van der Waals surface area contributed by atoms with Gasteiger partial charge in [0.25, 0.3) is 0 Å². The highest BCUT2D eigenvalue weighted by molar-refractivity contribution is 7.00. The van der Waals surface area contributed by atoms with E-state index in [2.05, 4.69) is 20.6 Å². The number of nitrogens with one attached hydrogen (secondary N) is 1. The summed E-state index contributed by atoms with van der Waals surface area (Å²) < 4.78 is 8.32. The van der Waals surface area contributed by atoms with Crippen molar-refractivity contribution in [2.24, 2.45) is 0 Å². The summed E-state index contributed by atoms with van der Waals surface area (Å²) in [4.78, 5) is 0. The number of hydrogen-bond acceptors (Lipinski definition) is 4. The Morgan fingerprint density at radius 1 is 1.50 bits per heavy atom. The standard InChI is InChI=1S/C9H8ClN3S/c1-2-5-11-8-6(10)3-4-7-9(8)13-14-12-7/h2-4,11H,1,5H2. The predicted molar refractivity (Wildman–Crippen MR) is 61.1 cm³/mol.